The molecule has 0 atom stereocenters. The van der Waals surface area contributed by atoms with E-state index >= 15 is 0 Å². The van der Waals surface area contributed by atoms with Crippen LogP contribution >= 0.6 is 0 Å². The first kappa shape index (κ1) is 12.0. The number of carbonyl (C=O) groups excluding carboxylic acids is 1. The molecule has 0 aliphatic carbocycles. The van der Waals surface area contributed by atoms with Crippen molar-refractivity contribution in [2.75, 3.05) is 12.3 Å². The number of rotatable bonds is 0. The third-order valence-electron chi connectivity index (χ3n) is 3.17. The van der Waals surface area contributed by atoms with Crippen LogP contribution in [0.3, 0.4) is 0 Å². The number of nitrogens with zero attached hydrogens (tertiary/aromatic N) is 1. The van der Waals surface area contributed by atoms with Crippen LogP contribution in [0.1, 0.15) is 31.9 Å². The third kappa shape index (κ3) is 2.43. The molecule has 3 nitrogen and oxygen atoms in total. The summed E-state index contributed by atoms with van der Waals surface area (Å²) < 4.78 is 0. The number of carbonyl (C=O) groups is 1. The summed E-state index contributed by atoms with van der Waals surface area (Å²) in [6.07, 6.45) is 0.928. The zero-order chi connectivity index (χ0) is 12.6. The minimum absolute atomic E-state index is 0.213. The van der Waals surface area contributed by atoms with E-state index in [1.54, 1.807) is 0 Å². The lowest BCUT2D eigenvalue weighted by molar-refractivity contribution is -0.140. The van der Waals surface area contributed by atoms with E-state index < -0.39 is 0 Å². The summed E-state index contributed by atoms with van der Waals surface area (Å²) in [5, 5.41) is 0. The maximum Gasteiger partial charge on any atom is 0.228 e. The third-order valence-corrected chi connectivity index (χ3v) is 3.17. The Labute approximate surface area is 103 Å². The summed E-state index contributed by atoms with van der Waals surface area (Å²) in [5.41, 5.74) is 8.76. The molecular weight excluding hydrogens is 212 g/mol. The van der Waals surface area contributed by atoms with Gasteiger partial charge in [0.15, 0.2) is 0 Å². The molecule has 17 heavy (non-hydrogen) atoms. The molecule has 0 spiro atoms. The van der Waals surface area contributed by atoms with Gasteiger partial charge in [-0.05, 0) is 29.7 Å². The molecule has 0 fully saturated rings. The lowest BCUT2D eigenvalue weighted by Crippen LogP contribution is -2.42. The number of nitrogen functional groups attached to an aromatic ring is 1. The van der Waals surface area contributed by atoms with Crippen LogP contribution in [0.5, 0.6) is 0 Å². The molecule has 1 heterocycles. The minimum atomic E-state index is -0.308. The molecule has 2 rings (SSSR count). The van der Waals surface area contributed by atoms with Crippen molar-refractivity contribution >= 4 is 11.6 Å². The molecule has 1 aromatic carbocycles. The summed E-state index contributed by atoms with van der Waals surface area (Å²) in [5.74, 6) is 0.213. The van der Waals surface area contributed by atoms with Crippen molar-refractivity contribution in [2.24, 2.45) is 5.41 Å². The van der Waals surface area contributed by atoms with Crippen molar-refractivity contribution in [3.63, 3.8) is 0 Å². The molecule has 1 aliphatic heterocycles. The Kier molecular flexibility index (Phi) is 2.86. The van der Waals surface area contributed by atoms with Crippen LogP contribution in [-0.4, -0.2) is 17.4 Å². The minimum Gasteiger partial charge on any atom is -0.399 e. The van der Waals surface area contributed by atoms with Crippen LogP contribution in [0.15, 0.2) is 18.2 Å². The van der Waals surface area contributed by atoms with Gasteiger partial charge >= 0.3 is 0 Å². The standard InChI is InChI=1S/C14H20N2O/c1-14(2,3)13(17)16-7-6-10-4-5-12(15)8-11(10)9-16/h4-5,8H,6-7,9,15H2,1-3H3. The van der Waals surface area contributed by atoms with Crippen molar-refractivity contribution in [2.45, 2.75) is 33.7 Å². The van der Waals surface area contributed by atoms with Crippen molar-refractivity contribution in [3.05, 3.63) is 29.3 Å². The molecule has 3 heteroatoms. The van der Waals surface area contributed by atoms with Crippen LogP contribution < -0.4 is 5.73 Å². The SMILES string of the molecule is CC(C)(C)C(=O)N1CCc2ccc(N)cc2C1. The molecule has 0 aromatic heterocycles. The summed E-state index contributed by atoms with van der Waals surface area (Å²) in [4.78, 5) is 14.1. The van der Waals surface area contributed by atoms with Gasteiger partial charge in [-0.3, -0.25) is 4.79 Å². The van der Waals surface area contributed by atoms with Crippen LogP contribution in [-0.2, 0) is 17.8 Å². The molecular formula is C14H20N2O. The van der Waals surface area contributed by atoms with E-state index in [-0.39, 0.29) is 11.3 Å². The number of benzene rings is 1. The van der Waals surface area contributed by atoms with E-state index in [0.717, 1.165) is 18.7 Å². The summed E-state index contributed by atoms with van der Waals surface area (Å²) in [6.45, 7) is 7.39. The number of hydrogen-bond acceptors (Lipinski definition) is 2. The van der Waals surface area contributed by atoms with Gasteiger partial charge in [-0.1, -0.05) is 26.8 Å². The predicted octanol–water partition coefficient (Wildman–Crippen LogP) is 2.20. The van der Waals surface area contributed by atoms with Gasteiger partial charge in [-0.25, -0.2) is 0 Å². The number of nitrogens with two attached hydrogens (primary N) is 1. The second-order valence-corrected chi connectivity index (χ2v) is 5.75. The highest BCUT2D eigenvalue weighted by atomic mass is 16.2. The smallest absolute Gasteiger partial charge is 0.228 e. The number of amides is 1. The van der Waals surface area contributed by atoms with Gasteiger partial charge in [-0.2, -0.15) is 0 Å². The quantitative estimate of drug-likeness (QED) is 0.697. The lowest BCUT2D eigenvalue weighted by Gasteiger charge is -2.33. The van der Waals surface area contributed by atoms with Crippen molar-refractivity contribution in [3.8, 4) is 0 Å². The van der Waals surface area contributed by atoms with E-state index in [4.69, 9.17) is 5.73 Å². The van der Waals surface area contributed by atoms with E-state index in [9.17, 15) is 4.79 Å². The highest BCUT2D eigenvalue weighted by Gasteiger charge is 2.29. The van der Waals surface area contributed by atoms with Crippen LogP contribution in [0, 0.1) is 5.41 Å². The van der Waals surface area contributed by atoms with E-state index in [0.29, 0.717) is 6.54 Å². The second kappa shape index (κ2) is 4.06. The van der Waals surface area contributed by atoms with E-state index in [1.807, 2.05) is 37.8 Å². The average molecular weight is 232 g/mol. The Morgan fingerprint density at radius 2 is 2.00 bits per heavy atom. The summed E-state index contributed by atoms with van der Waals surface area (Å²) in [7, 11) is 0. The van der Waals surface area contributed by atoms with Crippen molar-refractivity contribution < 1.29 is 4.79 Å². The predicted molar refractivity (Wildman–Crippen MR) is 69.4 cm³/mol. The molecule has 2 N–H and O–H groups in total. The van der Waals surface area contributed by atoms with Crippen LogP contribution in [0.25, 0.3) is 0 Å². The van der Waals surface area contributed by atoms with Gasteiger partial charge in [0.25, 0.3) is 0 Å². The number of hydrogen-bond donors (Lipinski definition) is 1. The number of anilines is 1. The van der Waals surface area contributed by atoms with Crippen LogP contribution in [0.4, 0.5) is 5.69 Å². The second-order valence-electron chi connectivity index (χ2n) is 5.75. The molecule has 0 unspecified atom stereocenters. The van der Waals surface area contributed by atoms with E-state index in [2.05, 4.69) is 6.07 Å². The van der Waals surface area contributed by atoms with Crippen LogP contribution in [0.2, 0.25) is 0 Å². The Balaban J connectivity index is 2.21. The Morgan fingerprint density at radius 1 is 1.29 bits per heavy atom. The highest BCUT2D eigenvalue weighted by molar-refractivity contribution is 5.81. The lowest BCUT2D eigenvalue weighted by atomic mass is 9.92. The largest absolute Gasteiger partial charge is 0.399 e. The zero-order valence-corrected chi connectivity index (χ0v) is 10.8. The average Bonchev–Trinajstić information content (AvgIpc) is 2.25. The van der Waals surface area contributed by atoms with Gasteiger partial charge in [0.1, 0.15) is 0 Å². The maximum atomic E-state index is 12.2. The topological polar surface area (TPSA) is 46.3 Å². The fourth-order valence-corrected chi connectivity index (χ4v) is 2.22. The molecule has 1 aliphatic rings. The molecule has 0 bridgehead atoms. The van der Waals surface area contributed by atoms with Gasteiger partial charge in [0.2, 0.25) is 5.91 Å². The number of fused-ring (bicyclic) bond motifs is 1. The molecule has 0 saturated carbocycles. The Hall–Kier alpha value is -1.51. The fourth-order valence-electron chi connectivity index (χ4n) is 2.22. The summed E-state index contributed by atoms with van der Waals surface area (Å²) in [6, 6.07) is 5.99. The maximum absolute atomic E-state index is 12.2. The van der Waals surface area contributed by atoms with Crippen molar-refractivity contribution in [1.82, 2.24) is 4.90 Å². The Bertz CT molecular complexity index is 446. The van der Waals surface area contributed by atoms with Gasteiger partial charge in [0, 0.05) is 24.2 Å². The normalized spacial score (nSPS) is 15.6. The zero-order valence-electron chi connectivity index (χ0n) is 10.8. The first-order chi connectivity index (χ1) is 7.88. The molecule has 0 radical (unpaired) electrons. The monoisotopic (exact) mass is 232 g/mol. The van der Waals surface area contributed by atoms with Gasteiger partial charge < -0.3 is 10.6 Å². The first-order valence-electron chi connectivity index (χ1n) is 6.04. The first-order valence-corrected chi connectivity index (χ1v) is 6.04. The van der Waals surface area contributed by atoms with E-state index in [1.165, 1.54) is 11.1 Å². The molecule has 92 valence electrons. The van der Waals surface area contributed by atoms with Gasteiger partial charge in [0.05, 0.1) is 0 Å². The van der Waals surface area contributed by atoms with Gasteiger partial charge in [-0.15, -0.1) is 0 Å². The Morgan fingerprint density at radius 3 is 2.65 bits per heavy atom. The molecule has 0 saturated heterocycles. The molecule has 1 amide bonds. The highest BCUT2D eigenvalue weighted by Crippen LogP contribution is 2.25. The summed E-state index contributed by atoms with van der Waals surface area (Å²) >= 11 is 0. The van der Waals surface area contributed by atoms with Crippen molar-refractivity contribution in [1.29, 1.82) is 0 Å². The molecule has 1 aromatic rings. The fraction of sp³-hybridized carbons (Fsp3) is 0.500.